The van der Waals surface area contributed by atoms with Crippen LogP contribution in [0.5, 0.6) is 0 Å². The van der Waals surface area contributed by atoms with Crippen LogP contribution in [0.4, 0.5) is 10.1 Å². The van der Waals surface area contributed by atoms with Gasteiger partial charge in [0.1, 0.15) is 5.82 Å². The molecule has 0 aliphatic heterocycles. The highest BCUT2D eigenvalue weighted by molar-refractivity contribution is 9.10. The summed E-state index contributed by atoms with van der Waals surface area (Å²) in [5.74, 6) is -0.301. The molecule has 1 amide bonds. The van der Waals surface area contributed by atoms with Crippen LogP contribution in [0.3, 0.4) is 0 Å². The molecular weight excluding hydrogens is 335 g/mol. The molecule has 116 valence electrons. The SMILES string of the molecule is CCN(C(=O)CNc1ccc(Br)cc1F)C1CCCCC1. The van der Waals surface area contributed by atoms with Crippen LogP contribution >= 0.6 is 15.9 Å². The van der Waals surface area contributed by atoms with E-state index in [1.54, 1.807) is 12.1 Å². The van der Waals surface area contributed by atoms with Crippen molar-refractivity contribution in [1.29, 1.82) is 0 Å². The highest BCUT2D eigenvalue weighted by atomic mass is 79.9. The number of nitrogens with one attached hydrogen (secondary N) is 1. The van der Waals surface area contributed by atoms with Crippen molar-refractivity contribution in [2.75, 3.05) is 18.4 Å². The molecule has 1 aromatic carbocycles. The van der Waals surface area contributed by atoms with Gasteiger partial charge in [0, 0.05) is 17.1 Å². The third kappa shape index (κ3) is 4.43. The van der Waals surface area contributed by atoms with E-state index in [9.17, 15) is 9.18 Å². The summed E-state index contributed by atoms with van der Waals surface area (Å²) < 4.78 is 14.4. The fourth-order valence-corrected chi connectivity index (χ4v) is 3.27. The molecule has 0 spiro atoms. The lowest BCUT2D eigenvalue weighted by Gasteiger charge is -2.33. The molecule has 0 atom stereocenters. The summed E-state index contributed by atoms with van der Waals surface area (Å²) in [6, 6.07) is 5.15. The Morgan fingerprint density at radius 2 is 2.10 bits per heavy atom. The van der Waals surface area contributed by atoms with Crippen molar-refractivity contribution < 1.29 is 9.18 Å². The van der Waals surface area contributed by atoms with E-state index in [1.165, 1.54) is 25.3 Å². The molecule has 0 saturated heterocycles. The van der Waals surface area contributed by atoms with E-state index in [1.807, 2.05) is 11.8 Å². The highest BCUT2D eigenvalue weighted by Crippen LogP contribution is 2.23. The van der Waals surface area contributed by atoms with E-state index in [2.05, 4.69) is 21.2 Å². The van der Waals surface area contributed by atoms with Crippen molar-refractivity contribution in [1.82, 2.24) is 4.90 Å². The van der Waals surface area contributed by atoms with E-state index in [4.69, 9.17) is 0 Å². The van der Waals surface area contributed by atoms with Gasteiger partial charge in [0.25, 0.3) is 0 Å². The summed E-state index contributed by atoms with van der Waals surface area (Å²) in [4.78, 5) is 14.3. The second kappa shape index (κ2) is 7.78. The van der Waals surface area contributed by atoms with Gasteiger partial charge in [-0.2, -0.15) is 0 Å². The molecule has 0 aromatic heterocycles. The minimum absolute atomic E-state index is 0.0479. The third-order valence-electron chi connectivity index (χ3n) is 4.04. The van der Waals surface area contributed by atoms with Crippen LogP contribution in [0.25, 0.3) is 0 Å². The van der Waals surface area contributed by atoms with Gasteiger partial charge < -0.3 is 10.2 Å². The standard InChI is InChI=1S/C16H22BrFN2O/c1-2-20(13-6-4-3-5-7-13)16(21)11-19-15-9-8-12(17)10-14(15)18/h8-10,13,19H,2-7,11H2,1H3. The van der Waals surface area contributed by atoms with Crippen molar-refractivity contribution in [3.8, 4) is 0 Å². The predicted octanol–water partition coefficient (Wildman–Crippen LogP) is 4.18. The molecule has 1 saturated carbocycles. The fourth-order valence-electron chi connectivity index (χ4n) is 2.94. The quantitative estimate of drug-likeness (QED) is 0.857. The first-order chi connectivity index (χ1) is 10.1. The summed E-state index contributed by atoms with van der Waals surface area (Å²) in [7, 11) is 0. The van der Waals surface area contributed by atoms with E-state index in [-0.39, 0.29) is 18.3 Å². The van der Waals surface area contributed by atoms with E-state index >= 15 is 0 Å². The largest absolute Gasteiger partial charge is 0.374 e. The molecule has 1 aliphatic carbocycles. The number of anilines is 1. The summed E-state index contributed by atoms with van der Waals surface area (Å²) in [5, 5.41) is 2.91. The molecule has 0 heterocycles. The lowest BCUT2D eigenvalue weighted by Crippen LogP contribution is -2.44. The van der Waals surface area contributed by atoms with Crippen LogP contribution < -0.4 is 5.32 Å². The minimum Gasteiger partial charge on any atom is -0.374 e. The maximum atomic E-state index is 13.7. The summed E-state index contributed by atoms with van der Waals surface area (Å²) in [6.07, 6.45) is 5.84. The Morgan fingerprint density at radius 3 is 2.71 bits per heavy atom. The number of hydrogen-bond donors (Lipinski definition) is 1. The smallest absolute Gasteiger partial charge is 0.242 e. The van der Waals surface area contributed by atoms with Crippen LogP contribution in [0.15, 0.2) is 22.7 Å². The average Bonchev–Trinajstić information content (AvgIpc) is 2.48. The van der Waals surface area contributed by atoms with E-state index in [0.717, 1.165) is 12.8 Å². The van der Waals surface area contributed by atoms with Gasteiger partial charge in [-0.25, -0.2) is 4.39 Å². The van der Waals surface area contributed by atoms with Gasteiger partial charge in [-0.1, -0.05) is 35.2 Å². The third-order valence-corrected chi connectivity index (χ3v) is 4.53. The monoisotopic (exact) mass is 356 g/mol. The normalized spacial score (nSPS) is 15.8. The summed E-state index contributed by atoms with van der Waals surface area (Å²) in [6.45, 7) is 2.86. The van der Waals surface area contributed by atoms with Crippen molar-refractivity contribution in [2.24, 2.45) is 0 Å². The number of carbonyl (C=O) groups excluding carboxylic acids is 1. The first-order valence-corrected chi connectivity index (χ1v) is 8.39. The Morgan fingerprint density at radius 1 is 1.38 bits per heavy atom. The molecule has 1 aliphatic rings. The van der Waals surface area contributed by atoms with Gasteiger partial charge in [-0.05, 0) is 38.0 Å². The van der Waals surface area contributed by atoms with Crippen LogP contribution in [-0.4, -0.2) is 29.9 Å². The van der Waals surface area contributed by atoms with Gasteiger partial charge in [-0.15, -0.1) is 0 Å². The van der Waals surface area contributed by atoms with Gasteiger partial charge >= 0.3 is 0 Å². The first kappa shape index (κ1) is 16.3. The Kier molecular flexibility index (Phi) is 6.03. The molecule has 3 nitrogen and oxygen atoms in total. The zero-order valence-corrected chi connectivity index (χ0v) is 14.0. The van der Waals surface area contributed by atoms with Crippen LogP contribution in [0.2, 0.25) is 0 Å². The van der Waals surface area contributed by atoms with Crippen LogP contribution in [-0.2, 0) is 4.79 Å². The summed E-state index contributed by atoms with van der Waals surface area (Å²) in [5.41, 5.74) is 0.367. The van der Waals surface area contributed by atoms with Crippen molar-refractivity contribution in [3.05, 3.63) is 28.5 Å². The Bertz CT molecular complexity index is 489. The molecular formula is C16H22BrFN2O. The number of benzene rings is 1. The average molecular weight is 357 g/mol. The molecule has 1 N–H and O–H groups in total. The second-order valence-electron chi connectivity index (χ2n) is 5.45. The lowest BCUT2D eigenvalue weighted by atomic mass is 9.94. The predicted molar refractivity (Wildman–Crippen MR) is 86.8 cm³/mol. The van der Waals surface area contributed by atoms with Crippen LogP contribution in [0, 0.1) is 5.82 Å². The van der Waals surface area contributed by atoms with Gasteiger partial charge in [0.2, 0.25) is 5.91 Å². The Balaban J connectivity index is 1.92. The second-order valence-corrected chi connectivity index (χ2v) is 6.36. The molecule has 21 heavy (non-hydrogen) atoms. The molecule has 0 radical (unpaired) electrons. The molecule has 1 fully saturated rings. The van der Waals surface area contributed by atoms with Gasteiger partial charge in [0.15, 0.2) is 0 Å². The number of likely N-dealkylation sites (N-methyl/N-ethyl adjacent to an activating group) is 1. The van der Waals surface area contributed by atoms with Crippen molar-refractivity contribution >= 4 is 27.5 Å². The Labute approximate surface area is 134 Å². The number of hydrogen-bond acceptors (Lipinski definition) is 2. The molecule has 0 bridgehead atoms. The summed E-state index contributed by atoms with van der Waals surface area (Å²) >= 11 is 3.22. The molecule has 2 rings (SSSR count). The number of carbonyl (C=O) groups is 1. The lowest BCUT2D eigenvalue weighted by molar-refractivity contribution is -0.132. The number of rotatable bonds is 5. The highest BCUT2D eigenvalue weighted by Gasteiger charge is 2.23. The van der Waals surface area contributed by atoms with E-state index < -0.39 is 0 Å². The molecule has 1 aromatic rings. The van der Waals surface area contributed by atoms with E-state index in [0.29, 0.717) is 22.7 Å². The molecule has 0 unspecified atom stereocenters. The minimum atomic E-state index is -0.349. The zero-order valence-electron chi connectivity index (χ0n) is 12.4. The van der Waals surface area contributed by atoms with Crippen LogP contribution in [0.1, 0.15) is 39.0 Å². The topological polar surface area (TPSA) is 32.3 Å². The van der Waals surface area contributed by atoms with Crippen molar-refractivity contribution in [3.63, 3.8) is 0 Å². The number of nitrogens with zero attached hydrogens (tertiary/aromatic N) is 1. The fraction of sp³-hybridized carbons (Fsp3) is 0.562. The van der Waals surface area contributed by atoms with Gasteiger partial charge in [-0.3, -0.25) is 4.79 Å². The van der Waals surface area contributed by atoms with Crippen molar-refractivity contribution in [2.45, 2.75) is 45.1 Å². The zero-order chi connectivity index (χ0) is 15.2. The Hall–Kier alpha value is -1.10. The number of halogens is 2. The number of amides is 1. The molecule has 5 heteroatoms. The first-order valence-electron chi connectivity index (χ1n) is 7.60. The maximum absolute atomic E-state index is 13.7. The van der Waals surface area contributed by atoms with Gasteiger partial charge in [0.05, 0.1) is 12.2 Å². The maximum Gasteiger partial charge on any atom is 0.242 e.